The molecule has 0 spiro atoms. The van der Waals surface area contributed by atoms with Crippen LogP contribution < -0.4 is 11.2 Å². The van der Waals surface area contributed by atoms with Crippen LogP contribution in [0.15, 0.2) is 9.59 Å². The number of nitrogens with one attached hydrogen (secondary N) is 2. The summed E-state index contributed by atoms with van der Waals surface area (Å²) in [5, 5.41) is -0.171. The number of H-pyrrole nitrogens is 2. The first-order valence-corrected chi connectivity index (χ1v) is 7.07. The van der Waals surface area contributed by atoms with Gasteiger partial charge < -0.3 is 14.8 Å². The Morgan fingerprint density at radius 1 is 1.50 bits per heavy atom. The number of hydrogen-bond acceptors (Lipinski definition) is 2. The molecule has 0 atom stereocenters. The summed E-state index contributed by atoms with van der Waals surface area (Å²) >= 11 is 10.1. The molecular formula is C3H2AuBrClN2O2-. The van der Waals surface area contributed by atoms with E-state index in [1.807, 2.05) is 9.97 Å². The van der Waals surface area contributed by atoms with Gasteiger partial charge in [-0.15, -0.1) is 0 Å². The van der Waals surface area contributed by atoms with E-state index in [1.54, 1.807) is 0 Å². The number of rotatable bonds is 0. The first-order valence-electron chi connectivity index (χ1n) is 1.96. The van der Waals surface area contributed by atoms with Gasteiger partial charge in [-0.25, -0.2) is 0 Å². The molecular weight excluding hydrogens is 408 g/mol. The average molecular weight is 410 g/mol. The zero-order valence-corrected chi connectivity index (χ0v) is 8.88. The van der Waals surface area contributed by atoms with Gasteiger partial charge in [0.2, 0.25) is 0 Å². The summed E-state index contributed by atoms with van der Waals surface area (Å²) in [4.78, 5) is 24.3. The van der Waals surface area contributed by atoms with Crippen molar-refractivity contribution in [3.63, 3.8) is 0 Å². The van der Waals surface area contributed by atoms with Crippen molar-refractivity contribution in [2.24, 2.45) is 0 Å². The Labute approximate surface area is 79.2 Å². The zero-order chi connectivity index (χ0) is 8.15. The molecule has 0 aliphatic heterocycles. The Hall–Kier alpha value is 0.320. The predicted molar refractivity (Wildman–Crippen MR) is 37.2 cm³/mol. The van der Waals surface area contributed by atoms with E-state index in [4.69, 9.17) is 11.6 Å². The Morgan fingerprint density at radius 3 is 2.10 bits per heavy atom. The van der Waals surface area contributed by atoms with Crippen molar-refractivity contribution in [2.75, 3.05) is 0 Å². The Kier molecular flexibility index (Phi) is 5.20. The van der Waals surface area contributed by atoms with Crippen LogP contribution in [-0.2, 0) is 18.9 Å². The van der Waals surface area contributed by atoms with Crippen LogP contribution in [0.25, 0.3) is 0 Å². The third kappa shape index (κ3) is 2.94. The Bertz CT molecular complexity index is 289. The fraction of sp³-hybridized carbons (Fsp3) is 0. The molecule has 1 rings (SSSR count). The first kappa shape index (κ1) is 10.3. The van der Waals surface area contributed by atoms with Gasteiger partial charge in [-0.05, 0) is 0 Å². The molecule has 0 aromatic carbocycles. The second kappa shape index (κ2) is 5.03. The minimum absolute atomic E-state index is 0.171. The summed E-state index contributed by atoms with van der Waals surface area (Å²) in [7, 11) is 0. The molecule has 0 bridgehead atoms. The van der Waals surface area contributed by atoms with Crippen molar-refractivity contribution in [1.82, 2.24) is 9.97 Å². The van der Waals surface area contributed by atoms with E-state index in [2.05, 4.69) is 32.0 Å². The number of halogens is 2. The second-order valence-electron chi connectivity index (χ2n) is 1.22. The van der Waals surface area contributed by atoms with Crippen molar-refractivity contribution in [3.05, 3.63) is 26.0 Å². The summed E-state index contributed by atoms with van der Waals surface area (Å²) in [6, 6.07) is 0. The summed E-state index contributed by atoms with van der Waals surface area (Å²) in [6.07, 6.45) is 0. The molecule has 1 aromatic rings. The molecule has 0 amide bonds. The van der Waals surface area contributed by atoms with Crippen molar-refractivity contribution < 1.29 is 18.9 Å². The average Bonchev–Trinajstić information content (AvgIpc) is 2.16. The summed E-state index contributed by atoms with van der Waals surface area (Å²) in [5.41, 5.74) is -1.14. The number of hydrogen-bond donors (Lipinski definition) is 2. The van der Waals surface area contributed by atoms with Gasteiger partial charge in [0.25, 0.3) is 0 Å². The van der Waals surface area contributed by atoms with E-state index in [0.29, 0.717) is 0 Å². The molecule has 1 aromatic heterocycles. The van der Waals surface area contributed by atoms with E-state index < -0.39 is 11.2 Å². The van der Waals surface area contributed by atoms with Crippen LogP contribution in [0.5, 0.6) is 0 Å². The Morgan fingerprint density at radius 2 is 2.00 bits per heavy atom. The molecule has 0 radical (unpaired) electrons. The fourth-order valence-corrected chi connectivity index (χ4v) is 0.479. The molecule has 0 aliphatic carbocycles. The van der Waals surface area contributed by atoms with Crippen molar-refractivity contribution in [1.29, 1.82) is 0 Å². The third-order valence-electron chi connectivity index (χ3n) is 0.650. The predicted octanol–water partition coefficient (Wildman–Crippen LogP) is 0.279. The van der Waals surface area contributed by atoms with E-state index in [9.17, 15) is 9.59 Å². The maximum absolute atomic E-state index is 10.2. The summed E-state index contributed by atoms with van der Waals surface area (Å²) in [5.74, 6) is 0. The molecule has 62 valence electrons. The quantitative estimate of drug-likeness (QED) is 0.477. The van der Waals surface area contributed by atoms with Crippen LogP contribution in [0.3, 0.4) is 0 Å². The molecule has 0 unspecified atom stereocenters. The van der Waals surface area contributed by atoms with Crippen LogP contribution in [0.1, 0.15) is 0 Å². The molecule has 0 saturated carbocycles. The zero-order valence-electron chi connectivity index (χ0n) is 4.37. The van der Waals surface area contributed by atoms with Gasteiger partial charge >= 0.3 is 32.0 Å². The van der Waals surface area contributed by atoms with Gasteiger partial charge in [0.1, 0.15) is 0 Å². The van der Waals surface area contributed by atoms with Gasteiger partial charge in [0.15, 0.2) is 11.2 Å². The number of imidazole rings is 1. The summed E-state index contributed by atoms with van der Waals surface area (Å²) < 4.78 is 0. The molecule has 1 heterocycles. The van der Waals surface area contributed by atoms with Gasteiger partial charge in [0, 0.05) is 5.15 Å². The molecule has 7 heteroatoms. The first-order chi connectivity index (χ1) is 4.70. The maximum atomic E-state index is 10.2. The van der Waals surface area contributed by atoms with Crippen LogP contribution in [0, 0.1) is 0 Å². The van der Waals surface area contributed by atoms with Crippen molar-refractivity contribution >= 4 is 24.6 Å². The van der Waals surface area contributed by atoms with Gasteiger partial charge in [-0.3, -0.25) is 4.79 Å². The van der Waals surface area contributed by atoms with Crippen LogP contribution in [0.2, 0.25) is 5.15 Å². The van der Waals surface area contributed by atoms with Gasteiger partial charge in [-0.1, -0.05) is 0 Å². The molecule has 0 fully saturated rings. The number of aromatic amines is 2. The van der Waals surface area contributed by atoms with E-state index in [1.165, 1.54) is 0 Å². The van der Waals surface area contributed by atoms with E-state index in [0.717, 1.165) is 0 Å². The molecule has 4 nitrogen and oxygen atoms in total. The molecule has 10 heavy (non-hydrogen) atoms. The Balaban J connectivity index is 0.000000371. The third-order valence-corrected chi connectivity index (χ3v) is 0.916. The van der Waals surface area contributed by atoms with Crippen molar-refractivity contribution in [3.8, 4) is 0 Å². The normalized spacial score (nSPS) is 8.40. The minimum atomic E-state index is -0.573. The standard InChI is InChI=1S/C3H2ClN2O2.Au.BrH/c4-1-2(7)6-3(8)5-1;;/h(H2,5,6,7,8);;1H/q-1;+1;/p-1. The van der Waals surface area contributed by atoms with Crippen LogP contribution in [0.4, 0.5) is 0 Å². The number of aromatic nitrogens is 2. The molecule has 0 aliphatic rings. The second-order valence-corrected chi connectivity index (χ2v) is 1.60. The fourth-order valence-electron chi connectivity index (χ4n) is 0.346. The van der Waals surface area contributed by atoms with Crippen LogP contribution >= 0.6 is 24.6 Å². The topological polar surface area (TPSA) is 65.7 Å². The van der Waals surface area contributed by atoms with Gasteiger partial charge in [-0.2, -0.15) is 11.6 Å². The molecule has 2 N–H and O–H groups in total. The molecule has 0 saturated heterocycles. The van der Waals surface area contributed by atoms with E-state index >= 15 is 0 Å². The van der Waals surface area contributed by atoms with Crippen LogP contribution in [-0.4, -0.2) is 9.97 Å². The van der Waals surface area contributed by atoms with E-state index in [-0.39, 0.29) is 5.15 Å². The van der Waals surface area contributed by atoms with Gasteiger partial charge in [0.05, 0.1) is 0 Å². The van der Waals surface area contributed by atoms with Crippen molar-refractivity contribution in [2.45, 2.75) is 0 Å². The summed E-state index contributed by atoms with van der Waals surface area (Å²) in [6.45, 7) is 0. The monoisotopic (exact) mass is 409 g/mol. The SMILES string of the molecule is O=c1[nH]c(=O)[c-](Cl)[nH]1.[Br][Au].